The largest absolute Gasteiger partial charge is 0.354 e. The summed E-state index contributed by atoms with van der Waals surface area (Å²) in [5.74, 6) is 0.914. The zero-order valence-electron chi connectivity index (χ0n) is 15.3. The normalized spacial score (nSPS) is 17.7. The van der Waals surface area contributed by atoms with Crippen molar-refractivity contribution in [3.8, 4) is 0 Å². The second-order valence-electron chi connectivity index (χ2n) is 6.97. The molecular formula is C19H33Cl2N3O. The van der Waals surface area contributed by atoms with E-state index in [4.69, 9.17) is 5.73 Å². The lowest BCUT2D eigenvalue weighted by atomic mass is 9.95. The molecule has 3 N–H and O–H groups in total. The van der Waals surface area contributed by atoms with Crippen LogP contribution in [0.1, 0.15) is 51.1 Å². The minimum Gasteiger partial charge on any atom is -0.354 e. The number of nitrogens with one attached hydrogen (secondary N) is 1. The SMILES string of the molecule is CC(N)CCC(=O)NCC(c1ccccc1)N1CCC(C)CC1.Cl.Cl. The molecule has 0 bridgehead atoms. The smallest absolute Gasteiger partial charge is 0.220 e. The van der Waals surface area contributed by atoms with Gasteiger partial charge in [0, 0.05) is 19.0 Å². The van der Waals surface area contributed by atoms with E-state index in [2.05, 4.69) is 41.4 Å². The fourth-order valence-corrected chi connectivity index (χ4v) is 3.13. The Kier molecular flexibility index (Phi) is 12.1. The van der Waals surface area contributed by atoms with E-state index in [0.29, 0.717) is 13.0 Å². The summed E-state index contributed by atoms with van der Waals surface area (Å²) in [5, 5.41) is 3.11. The van der Waals surface area contributed by atoms with Crippen LogP contribution >= 0.6 is 24.8 Å². The van der Waals surface area contributed by atoms with Crippen molar-refractivity contribution in [2.45, 2.75) is 51.6 Å². The molecule has 1 fully saturated rings. The Hall–Kier alpha value is -0.810. The van der Waals surface area contributed by atoms with Crippen molar-refractivity contribution in [1.82, 2.24) is 10.2 Å². The van der Waals surface area contributed by atoms with E-state index in [1.54, 1.807) is 0 Å². The van der Waals surface area contributed by atoms with Gasteiger partial charge in [-0.25, -0.2) is 0 Å². The third-order valence-electron chi connectivity index (χ3n) is 4.76. The van der Waals surface area contributed by atoms with E-state index in [0.717, 1.165) is 25.4 Å². The number of hydrogen-bond acceptors (Lipinski definition) is 3. The van der Waals surface area contributed by atoms with Crippen LogP contribution in [0.25, 0.3) is 0 Å². The summed E-state index contributed by atoms with van der Waals surface area (Å²) in [7, 11) is 0. The van der Waals surface area contributed by atoms with Crippen LogP contribution in [0.15, 0.2) is 30.3 Å². The number of nitrogens with two attached hydrogens (primary N) is 1. The van der Waals surface area contributed by atoms with E-state index in [1.165, 1.54) is 18.4 Å². The van der Waals surface area contributed by atoms with Crippen LogP contribution < -0.4 is 11.1 Å². The maximum absolute atomic E-state index is 12.0. The van der Waals surface area contributed by atoms with Crippen LogP contribution in [-0.4, -0.2) is 36.5 Å². The minimum absolute atomic E-state index is 0. The van der Waals surface area contributed by atoms with Crippen molar-refractivity contribution in [2.75, 3.05) is 19.6 Å². The van der Waals surface area contributed by atoms with Gasteiger partial charge < -0.3 is 11.1 Å². The number of hydrogen-bond donors (Lipinski definition) is 2. The van der Waals surface area contributed by atoms with Crippen LogP contribution in [0.5, 0.6) is 0 Å². The predicted molar refractivity (Wildman–Crippen MR) is 110 cm³/mol. The van der Waals surface area contributed by atoms with Gasteiger partial charge in [0.15, 0.2) is 0 Å². The summed E-state index contributed by atoms with van der Waals surface area (Å²) in [6.45, 7) is 7.16. The maximum Gasteiger partial charge on any atom is 0.220 e. The Morgan fingerprint density at radius 1 is 1.24 bits per heavy atom. The number of benzene rings is 1. The molecule has 25 heavy (non-hydrogen) atoms. The molecule has 1 saturated heterocycles. The Labute approximate surface area is 164 Å². The van der Waals surface area contributed by atoms with Gasteiger partial charge in [0.05, 0.1) is 6.04 Å². The zero-order valence-corrected chi connectivity index (χ0v) is 17.0. The molecule has 1 aromatic carbocycles. The highest BCUT2D eigenvalue weighted by atomic mass is 35.5. The molecule has 1 heterocycles. The third-order valence-corrected chi connectivity index (χ3v) is 4.76. The van der Waals surface area contributed by atoms with Gasteiger partial charge in [-0.05, 0) is 50.8 Å². The second kappa shape index (κ2) is 12.5. The van der Waals surface area contributed by atoms with Crippen molar-refractivity contribution in [1.29, 1.82) is 0 Å². The van der Waals surface area contributed by atoms with Crippen LogP contribution in [0.3, 0.4) is 0 Å². The van der Waals surface area contributed by atoms with E-state index in [9.17, 15) is 4.79 Å². The Morgan fingerprint density at radius 2 is 1.84 bits per heavy atom. The molecule has 4 nitrogen and oxygen atoms in total. The number of likely N-dealkylation sites (tertiary alicyclic amines) is 1. The molecular weight excluding hydrogens is 357 g/mol. The van der Waals surface area contributed by atoms with Gasteiger partial charge in [-0.15, -0.1) is 24.8 Å². The number of piperidine rings is 1. The van der Waals surface area contributed by atoms with E-state index in [-0.39, 0.29) is 42.8 Å². The maximum atomic E-state index is 12.0. The molecule has 2 unspecified atom stereocenters. The summed E-state index contributed by atoms with van der Waals surface area (Å²) in [6, 6.07) is 10.9. The van der Waals surface area contributed by atoms with E-state index >= 15 is 0 Å². The second-order valence-corrected chi connectivity index (χ2v) is 6.97. The van der Waals surface area contributed by atoms with Gasteiger partial charge >= 0.3 is 0 Å². The van der Waals surface area contributed by atoms with Crippen LogP contribution in [0.4, 0.5) is 0 Å². The molecule has 0 aromatic heterocycles. The van der Waals surface area contributed by atoms with Crippen molar-refractivity contribution in [3.63, 3.8) is 0 Å². The molecule has 2 rings (SSSR count). The number of carbonyl (C=O) groups is 1. The topological polar surface area (TPSA) is 58.4 Å². The first-order valence-electron chi connectivity index (χ1n) is 8.87. The number of carbonyl (C=O) groups excluding carboxylic acids is 1. The average Bonchev–Trinajstić information content (AvgIpc) is 2.55. The first-order chi connectivity index (χ1) is 11.1. The number of amides is 1. The molecule has 144 valence electrons. The van der Waals surface area contributed by atoms with Crippen molar-refractivity contribution >= 4 is 30.7 Å². The molecule has 6 heteroatoms. The molecule has 1 amide bonds. The van der Waals surface area contributed by atoms with Gasteiger partial charge in [-0.2, -0.15) is 0 Å². The number of halogens is 2. The molecule has 1 aromatic rings. The fraction of sp³-hybridized carbons (Fsp3) is 0.632. The van der Waals surface area contributed by atoms with Crippen LogP contribution in [0.2, 0.25) is 0 Å². The molecule has 0 radical (unpaired) electrons. The molecule has 0 saturated carbocycles. The van der Waals surface area contributed by atoms with E-state index < -0.39 is 0 Å². The summed E-state index contributed by atoms with van der Waals surface area (Å²) in [5.41, 5.74) is 7.02. The Bertz CT molecular complexity index is 477. The predicted octanol–water partition coefficient (Wildman–Crippen LogP) is 3.55. The quantitative estimate of drug-likeness (QED) is 0.749. The minimum atomic E-state index is 0. The van der Waals surface area contributed by atoms with Gasteiger partial charge in [0.2, 0.25) is 5.91 Å². The van der Waals surface area contributed by atoms with Crippen molar-refractivity contribution in [3.05, 3.63) is 35.9 Å². The lowest BCUT2D eigenvalue weighted by molar-refractivity contribution is -0.121. The summed E-state index contributed by atoms with van der Waals surface area (Å²) in [6.07, 6.45) is 3.73. The summed E-state index contributed by atoms with van der Waals surface area (Å²) in [4.78, 5) is 14.5. The highest BCUT2D eigenvalue weighted by Crippen LogP contribution is 2.26. The van der Waals surface area contributed by atoms with Gasteiger partial charge in [0.25, 0.3) is 0 Å². The molecule has 0 spiro atoms. The van der Waals surface area contributed by atoms with Crippen LogP contribution in [0, 0.1) is 5.92 Å². The highest BCUT2D eigenvalue weighted by Gasteiger charge is 2.24. The van der Waals surface area contributed by atoms with Crippen LogP contribution in [-0.2, 0) is 4.79 Å². The molecule has 1 aliphatic heterocycles. The molecule has 1 aliphatic rings. The third kappa shape index (κ3) is 8.41. The summed E-state index contributed by atoms with van der Waals surface area (Å²) >= 11 is 0. The van der Waals surface area contributed by atoms with E-state index in [1.807, 2.05) is 13.0 Å². The number of rotatable bonds is 7. The van der Waals surface area contributed by atoms with Gasteiger partial charge in [-0.1, -0.05) is 37.3 Å². The lowest BCUT2D eigenvalue weighted by Crippen LogP contribution is -2.42. The summed E-state index contributed by atoms with van der Waals surface area (Å²) < 4.78 is 0. The number of nitrogens with zero attached hydrogens (tertiary/aromatic N) is 1. The molecule has 2 atom stereocenters. The lowest BCUT2D eigenvalue weighted by Gasteiger charge is -2.37. The van der Waals surface area contributed by atoms with Gasteiger partial charge in [-0.3, -0.25) is 9.69 Å². The first-order valence-corrected chi connectivity index (χ1v) is 8.87. The highest BCUT2D eigenvalue weighted by molar-refractivity contribution is 5.85. The van der Waals surface area contributed by atoms with Gasteiger partial charge in [0.1, 0.15) is 0 Å². The zero-order chi connectivity index (χ0) is 16.7. The first kappa shape index (κ1) is 24.2. The Balaban J connectivity index is 0.00000288. The fourth-order valence-electron chi connectivity index (χ4n) is 3.13. The van der Waals surface area contributed by atoms with Crippen molar-refractivity contribution in [2.24, 2.45) is 11.7 Å². The standard InChI is InChI=1S/C19H31N3O.2ClH/c1-15-10-12-22(13-11-15)18(17-6-4-3-5-7-17)14-21-19(23)9-8-16(2)20;;/h3-7,15-16,18H,8-14,20H2,1-2H3,(H,21,23);2*1H. The van der Waals surface area contributed by atoms with Crippen molar-refractivity contribution < 1.29 is 4.79 Å². The Morgan fingerprint density at radius 3 is 2.40 bits per heavy atom. The monoisotopic (exact) mass is 389 g/mol. The molecule has 0 aliphatic carbocycles. The average molecular weight is 390 g/mol.